The van der Waals surface area contributed by atoms with Gasteiger partial charge in [-0.2, -0.15) is 18.3 Å². The Morgan fingerprint density at radius 1 is 0.927 bits per heavy atom. The van der Waals surface area contributed by atoms with Gasteiger partial charge in [0.2, 0.25) is 0 Å². The van der Waals surface area contributed by atoms with E-state index in [0.717, 1.165) is 24.0 Å². The molecule has 1 N–H and O–H groups in total. The molecule has 3 aromatic carbocycles. The van der Waals surface area contributed by atoms with Gasteiger partial charge in [-0.05, 0) is 54.2 Å². The first-order valence-electron chi connectivity index (χ1n) is 12.9. The number of hydrogen-bond acceptors (Lipinski definition) is 3. The molecule has 0 aliphatic heterocycles. The van der Waals surface area contributed by atoms with Gasteiger partial charge < -0.3 is 9.84 Å². The molecule has 0 aliphatic rings. The summed E-state index contributed by atoms with van der Waals surface area (Å²) in [5.74, 6) is -1.08. The van der Waals surface area contributed by atoms with E-state index < -0.39 is 23.4 Å². The number of para-hydroxylation sites is 1. The molecule has 0 saturated heterocycles. The van der Waals surface area contributed by atoms with E-state index in [2.05, 4.69) is 35.9 Å². The van der Waals surface area contributed by atoms with Crippen molar-refractivity contribution in [3.63, 3.8) is 0 Å². The molecule has 4 aromatic rings. The van der Waals surface area contributed by atoms with E-state index in [9.17, 15) is 18.0 Å². The van der Waals surface area contributed by atoms with Crippen molar-refractivity contribution in [2.75, 3.05) is 0 Å². The van der Waals surface area contributed by atoms with E-state index in [1.165, 1.54) is 30.2 Å². The highest BCUT2D eigenvalue weighted by atomic mass is 19.4. The van der Waals surface area contributed by atoms with Crippen molar-refractivity contribution in [2.24, 2.45) is 0 Å². The average Bonchev–Trinajstić information content (AvgIpc) is 3.43. The van der Waals surface area contributed by atoms with E-state index in [-0.39, 0.29) is 5.70 Å². The summed E-state index contributed by atoms with van der Waals surface area (Å²) >= 11 is 0. The van der Waals surface area contributed by atoms with E-state index >= 15 is 0 Å². The zero-order chi connectivity index (χ0) is 29.4. The molecule has 0 unspecified atom stereocenters. The van der Waals surface area contributed by atoms with Crippen LogP contribution in [-0.2, 0) is 25.6 Å². The normalized spacial score (nSPS) is 12.0. The molecule has 0 bridgehead atoms. The molecule has 0 atom stereocenters. The molecule has 210 valence electrons. The molecule has 8 heteroatoms. The van der Waals surface area contributed by atoms with E-state index in [1.807, 2.05) is 54.6 Å². The summed E-state index contributed by atoms with van der Waals surface area (Å²) in [5.41, 5.74) is 2.73. The van der Waals surface area contributed by atoms with Crippen LogP contribution in [0.5, 0.6) is 5.75 Å². The van der Waals surface area contributed by atoms with Crippen LogP contribution in [0.1, 0.15) is 45.2 Å². The Morgan fingerprint density at radius 3 is 2.20 bits per heavy atom. The van der Waals surface area contributed by atoms with Crippen molar-refractivity contribution in [2.45, 2.75) is 32.5 Å². The monoisotopic (exact) mass is 558 g/mol. The van der Waals surface area contributed by atoms with Gasteiger partial charge in [-0.1, -0.05) is 91.5 Å². The highest BCUT2D eigenvalue weighted by molar-refractivity contribution is 5.89. The number of carboxylic acids is 1. The Labute approximate surface area is 236 Å². The number of nitrogens with zero attached hydrogens (tertiary/aromatic N) is 2. The zero-order valence-electron chi connectivity index (χ0n) is 22.4. The lowest BCUT2D eigenvalue weighted by atomic mass is 10.0. The van der Waals surface area contributed by atoms with Crippen molar-refractivity contribution >= 4 is 17.2 Å². The van der Waals surface area contributed by atoms with Gasteiger partial charge in [-0.3, -0.25) is 0 Å². The number of allylic oxidation sites excluding steroid dienone is 5. The number of aromatic carboxylic acids is 1. The Bertz CT molecular complexity index is 1570. The number of hydrogen-bond donors (Lipinski definition) is 1. The van der Waals surface area contributed by atoms with E-state index in [0.29, 0.717) is 28.8 Å². The van der Waals surface area contributed by atoms with Gasteiger partial charge in [0.1, 0.15) is 17.9 Å². The largest absolute Gasteiger partial charge is 0.488 e. The third kappa shape index (κ3) is 7.63. The summed E-state index contributed by atoms with van der Waals surface area (Å²) in [4.78, 5) is 11.2. The van der Waals surface area contributed by atoms with Crippen LogP contribution < -0.4 is 4.74 Å². The van der Waals surface area contributed by atoms with Crippen molar-refractivity contribution in [3.8, 4) is 5.75 Å². The number of halogens is 3. The van der Waals surface area contributed by atoms with Crippen molar-refractivity contribution in [1.29, 1.82) is 0 Å². The Balaban J connectivity index is 1.40. The first kappa shape index (κ1) is 29.1. The minimum Gasteiger partial charge on any atom is -0.488 e. The highest BCUT2D eigenvalue weighted by Gasteiger charge is 2.40. The summed E-state index contributed by atoms with van der Waals surface area (Å²) in [5, 5.41) is 12.7. The molecule has 0 fully saturated rings. The maximum atomic E-state index is 13.5. The molecular formula is C33H29F3N2O3. The quantitative estimate of drug-likeness (QED) is 0.189. The van der Waals surface area contributed by atoms with Crippen LogP contribution in [0.3, 0.4) is 0 Å². The Kier molecular flexibility index (Phi) is 9.24. The first-order chi connectivity index (χ1) is 19.6. The minimum absolute atomic E-state index is 0.0885. The number of rotatable bonds is 11. The van der Waals surface area contributed by atoms with Gasteiger partial charge >= 0.3 is 12.1 Å². The number of aromatic nitrogens is 2. The van der Waals surface area contributed by atoms with Crippen LogP contribution in [0.4, 0.5) is 13.2 Å². The van der Waals surface area contributed by atoms with Crippen LogP contribution >= 0.6 is 0 Å². The number of aryl methyl sites for hydroxylation is 2. The number of carboxylic acid groups (broad SMARTS) is 1. The van der Waals surface area contributed by atoms with Gasteiger partial charge in [-0.15, -0.1) is 0 Å². The predicted octanol–water partition coefficient (Wildman–Crippen LogP) is 8.09. The molecule has 41 heavy (non-hydrogen) atoms. The Morgan fingerprint density at radius 2 is 1.54 bits per heavy atom. The summed E-state index contributed by atoms with van der Waals surface area (Å²) in [7, 11) is 0. The standard InChI is InChI=1S/C33H29F3N2O3/c1-23(9-8-10-24(2)38-31(33(34,35)36)29(21-37-38)32(39)40)28-13-6-7-14-30(28)41-22-27-19-17-26(18-20-27)16-15-25-11-4-3-5-12-25/h3-14,17-21H,1,15-16,22H2,2H3,(H,39,40)/b9-8-,24-10+. The lowest BCUT2D eigenvalue weighted by Crippen LogP contribution is -2.17. The molecule has 5 nitrogen and oxygen atoms in total. The lowest BCUT2D eigenvalue weighted by Gasteiger charge is -2.12. The van der Waals surface area contributed by atoms with Crippen LogP contribution in [0.25, 0.3) is 11.3 Å². The molecule has 4 rings (SSSR count). The number of carbonyl (C=O) groups is 1. The van der Waals surface area contributed by atoms with Gasteiger partial charge in [0.05, 0.1) is 6.20 Å². The second-order valence-electron chi connectivity index (χ2n) is 9.40. The molecular weight excluding hydrogens is 529 g/mol. The number of benzene rings is 3. The molecule has 0 amide bonds. The summed E-state index contributed by atoms with van der Waals surface area (Å²) in [6.45, 7) is 5.84. The molecule has 0 aliphatic carbocycles. The van der Waals surface area contributed by atoms with Crippen LogP contribution in [0.15, 0.2) is 110 Å². The number of ether oxygens (including phenoxy) is 1. The van der Waals surface area contributed by atoms with Crippen LogP contribution in [0, 0.1) is 0 Å². The SMILES string of the molecule is C=C(/C=C\C=C(/C)n1ncc(C(=O)O)c1C(F)(F)F)c1ccccc1OCc1ccc(CCc2ccccc2)cc1. The van der Waals surface area contributed by atoms with Gasteiger partial charge in [-0.25, -0.2) is 9.48 Å². The van der Waals surface area contributed by atoms with Crippen LogP contribution in [0.2, 0.25) is 0 Å². The predicted molar refractivity (Wildman–Crippen MR) is 153 cm³/mol. The summed E-state index contributed by atoms with van der Waals surface area (Å²) < 4.78 is 47.1. The second-order valence-corrected chi connectivity index (χ2v) is 9.40. The van der Waals surface area contributed by atoms with E-state index in [1.54, 1.807) is 6.08 Å². The van der Waals surface area contributed by atoms with Crippen LogP contribution in [-0.4, -0.2) is 20.9 Å². The minimum atomic E-state index is -4.88. The van der Waals surface area contributed by atoms with Crippen molar-refractivity contribution in [1.82, 2.24) is 9.78 Å². The summed E-state index contributed by atoms with van der Waals surface area (Å²) in [6.07, 6.45) is 2.31. The van der Waals surface area contributed by atoms with Crippen molar-refractivity contribution < 1.29 is 27.8 Å². The molecule has 0 radical (unpaired) electrons. The fraction of sp³-hybridized carbons (Fsp3) is 0.152. The lowest BCUT2D eigenvalue weighted by molar-refractivity contribution is -0.143. The van der Waals surface area contributed by atoms with E-state index in [4.69, 9.17) is 9.84 Å². The number of alkyl halides is 3. The van der Waals surface area contributed by atoms with Gasteiger partial charge in [0, 0.05) is 11.3 Å². The molecule has 0 spiro atoms. The average molecular weight is 559 g/mol. The third-order valence-corrected chi connectivity index (χ3v) is 6.43. The molecule has 0 saturated carbocycles. The highest BCUT2D eigenvalue weighted by Crippen LogP contribution is 2.33. The van der Waals surface area contributed by atoms with Gasteiger partial charge in [0.15, 0.2) is 5.69 Å². The fourth-order valence-corrected chi connectivity index (χ4v) is 4.26. The molecule has 1 aromatic heterocycles. The first-order valence-corrected chi connectivity index (χ1v) is 12.9. The maximum absolute atomic E-state index is 13.5. The topological polar surface area (TPSA) is 64.4 Å². The second kappa shape index (κ2) is 13.0. The van der Waals surface area contributed by atoms with Crippen molar-refractivity contribution in [3.05, 3.63) is 143 Å². The summed E-state index contributed by atoms with van der Waals surface area (Å²) in [6, 6.07) is 26.0. The maximum Gasteiger partial charge on any atom is 0.434 e. The fourth-order valence-electron chi connectivity index (χ4n) is 4.26. The Hall–Kier alpha value is -4.85. The van der Waals surface area contributed by atoms with Gasteiger partial charge in [0.25, 0.3) is 0 Å². The smallest absolute Gasteiger partial charge is 0.434 e. The zero-order valence-corrected chi connectivity index (χ0v) is 22.4. The molecule has 1 heterocycles. The third-order valence-electron chi connectivity index (χ3n) is 6.43.